The molecule has 7 heteroatoms. The van der Waals surface area contributed by atoms with E-state index in [-0.39, 0.29) is 24.7 Å². The van der Waals surface area contributed by atoms with Crippen molar-refractivity contribution in [3.05, 3.63) is 12.7 Å². The van der Waals surface area contributed by atoms with Crippen LogP contribution in [-0.2, 0) is 9.53 Å². The fourth-order valence-corrected chi connectivity index (χ4v) is 2.58. The van der Waals surface area contributed by atoms with E-state index in [1.807, 2.05) is 11.8 Å². The Hall–Kier alpha value is -1.60. The summed E-state index contributed by atoms with van der Waals surface area (Å²) < 4.78 is 5.00. The lowest BCUT2D eigenvalue weighted by Gasteiger charge is -2.42. The monoisotopic (exact) mass is 313 g/mol. The minimum absolute atomic E-state index is 0.0538. The predicted molar refractivity (Wildman–Crippen MR) is 83.9 cm³/mol. The van der Waals surface area contributed by atoms with Crippen LogP contribution in [0.15, 0.2) is 12.7 Å². The van der Waals surface area contributed by atoms with Gasteiger partial charge in [-0.15, -0.1) is 6.58 Å². The highest BCUT2D eigenvalue weighted by Gasteiger charge is 2.35. The zero-order chi connectivity index (χ0) is 16.5. The molecule has 0 heterocycles. The number of nitrogens with one attached hydrogen (secondary N) is 1. The SMILES string of the molecule is C=CCN(CCOC)C(=O)NC1CC(N(CC)CC(=O)O)C1. The zero-order valence-electron chi connectivity index (χ0n) is 13.5. The normalized spacial score (nSPS) is 20.3. The van der Waals surface area contributed by atoms with Gasteiger partial charge in [-0.3, -0.25) is 9.69 Å². The largest absolute Gasteiger partial charge is 0.480 e. The molecule has 22 heavy (non-hydrogen) atoms. The number of aliphatic carboxylic acids is 1. The molecule has 0 bridgehead atoms. The number of carbonyl (C=O) groups is 2. The van der Waals surface area contributed by atoms with Crippen LogP contribution in [0.4, 0.5) is 4.79 Å². The van der Waals surface area contributed by atoms with Crippen LogP contribution < -0.4 is 5.32 Å². The lowest BCUT2D eigenvalue weighted by Crippen LogP contribution is -2.57. The maximum absolute atomic E-state index is 12.2. The van der Waals surface area contributed by atoms with Crippen molar-refractivity contribution >= 4 is 12.0 Å². The van der Waals surface area contributed by atoms with Crippen LogP contribution in [0.5, 0.6) is 0 Å². The number of carboxylic acids is 1. The van der Waals surface area contributed by atoms with E-state index < -0.39 is 5.97 Å². The Bertz CT molecular complexity index is 383. The summed E-state index contributed by atoms with van der Waals surface area (Å²) in [4.78, 5) is 26.5. The molecule has 0 radical (unpaired) electrons. The van der Waals surface area contributed by atoms with Crippen LogP contribution in [0.25, 0.3) is 0 Å². The molecule has 0 aromatic carbocycles. The van der Waals surface area contributed by atoms with Crippen LogP contribution in [0.3, 0.4) is 0 Å². The number of ether oxygens (including phenoxy) is 1. The second-order valence-electron chi connectivity index (χ2n) is 5.46. The third-order valence-corrected chi connectivity index (χ3v) is 3.90. The van der Waals surface area contributed by atoms with Crippen molar-refractivity contribution in [1.82, 2.24) is 15.1 Å². The van der Waals surface area contributed by atoms with Gasteiger partial charge < -0.3 is 20.1 Å². The quantitative estimate of drug-likeness (QED) is 0.582. The van der Waals surface area contributed by atoms with Crippen molar-refractivity contribution < 1.29 is 19.4 Å². The van der Waals surface area contributed by atoms with E-state index in [1.165, 1.54) is 0 Å². The molecule has 0 aromatic rings. The molecule has 0 spiro atoms. The molecule has 1 saturated carbocycles. The van der Waals surface area contributed by atoms with Gasteiger partial charge in [0.25, 0.3) is 0 Å². The highest BCUT2D eigenvalue weighted by molar-refractivity contribution is 5.75. The third kappa shape index (κ3) is 5.65. The van der Waals surface area contributed by atoms with Gasteiger partial charge in [-0.2, -0.15) is 0 Å². The van der Waals surface area contributed by atoms with E-state index in [4.69, 9.17) is 9.84 Å². The van der Waals surface area contributed by atoms with E-state index in [9.17, 15) is 9.59 Å². The Kier molecular flexibility index (Phi) is 7.90. The van der Waals surface area contributed by atoms with E-state index in [0.29, 0.717) is 26.2 Å². The Balaban J connectivity index is 2.37. The Morgan fingerprint density at radius 3 is 2.64 bits per heavy atom. The van der Waals surface area contributed by atoms with Crippen LogP contribution in [0, 0.1) is 0 Å². The number of urea groups is 1. The summed E-state index contributed by atoms with van der Waals surface area (Å²) in [6, 6.07) is 0.218. The summed E-state index contributed by atoms with van der Waals surface area (Å²) >= 11 is 0. The van der Waals surface area contributed by atoms with Gasteiger partial charge in [0.1, 0.15) is 0 Å². The van der Waals surface area contributed by atoms with Crippen molar-refractivity contribution in [2.75, 3.05) is 39.9 Å². The highest BCUT2D eigenvalue weighted by Crippen LogP contribution is 2.25. The fraction of sp³-hybridized carbons (Fsp3) is 0.733. The summed E-state index contributed by atoms with van der Waals surface area (Å²) in [5.41, 5.74) is 0. The lowest BCUT2D eigenvalue weighted by molar-refractivity contribution is -0.139. The van der Waals surface area contributed by atoms with Gasteiger partial charge >= 0.3 is 12.0 Å². The fourth-order valence-electron chi connectivity index (χ4n) is 2.58. The Morgan fingerprint density at radius 1 is 1.45 bits per heavy atom. The maximum Gasteiger partial charge on any atom is 0.317 e. The molecule has 1 aliphatic rings. The van der Waals surface area contributed by atoms with E-state index in [1.54, 1.807) is 18.1 Å². The number of methoxy groups -OCH3 is 1. The molecular weight excluding hydrogens is 286 g/mol. The molecule has 2 amide bonds. The molecule has 0 aromatic heterocycles. The molecule has 0 atom stereocenters. The van der Waals surface area contributed by atoms with Gasteiger partial charge in [-0.1, -0.05) is 13.0 Å². The van der Waals surface area contributed by atoms with Crippen molar-refractivity contribution in [2.45, 2.75) is 31.8 Å². The first-order chi connectivity index (χ1) is 10.5. The Labute approximate surface area is 131 Å². The molecule has 7 nitrogen and oxygen atoms in total. The molecule has 2 N–H and O–H groups in total. The summed E-state index contributed by atoms with van der Waals surface area (Å²) in [6.07, 6.45) is 3.27. The second kappa shape index (κ2) is 9.42. The van der Waals surface area contributed by atoms with Crippen molar-refractivity contribution in [3.63, 3.8) is 0 Å². The van der Waals surface area contributed by atoms with E-state index >= 15 is 0 Å². The summed E-state index contributed by atoms with van der Waals surface area (Å²) in [7, 11) is 1.60. The molecule has 126 valence electrons. The zero-order valence-corrected chi connectivity index (χ0v) is 13.5. The average Bonchev–Trinajstić information content (AvgIpc) is 2.44. The minimum atomic E-state index is -0.814. The number of hydrogen-bond acceptors (Lipinski definition) is 4. The van der Waals surface area contributed by atoms with Gasteiger partial charge in [-0.05, 0) is 19.4 Å². The molecule has 1 aliphatic carbocycles. The number of likely N-dealkylation sites (N-methyl/N-ethyl adjacent to an activating group) is 1. The molecule has 0 aliphatic heterocycles. The van der Waals surface area contributed by atoms with Crippen LogP contribution in [0.1, 0.15) is 19.8 Å². The minimum Gasteiger partial charge on any atom is -0.480 e. The number of nitrogens with zero attached hydrogens (tertiary/aromatic N) is 2. The number of amides is 2. The lowest BCUT2D eigenvalue weighted by atomic mass is 9.85. The third-order valence-electron chi connectivity index (χ3n) is 3.90. The smallest absolute Gasteiger partial charge is 0.317 e. The first kappa shape index (κ1) is 18.4. The van der Waals surface area contributed by atoms with Crippen molar-refractivity contribution in [2.24, 2.45) is 0 Å². The molecule has 1 fully saturated rings. The van der Waals surface area contributed by atoms with Gasteiger partial charge in [0.15, 0.2) is 0 Å². The second-order valence-corrected chi connectivity index (χ2v) is 5.46. The van der Waals surface area contributed by atoms with Gasteiger partial charge in [-0.25, -0.2) is 4.79 Å². The number of hydrogen-bond donors (Lipinski definition) is 2. The first-order valence-corrected chi connectivity index (χ1v) is 7.62. The summed E-state index contributed by atoms with van der Waals surface area (Å²) in [6.45, 7) is 7.84. The van der Waals surface area contributed by atoms with Gasteiger partial charge in [0.05, 0.1) is 13.2 Å². The number of carbonyl (C=O) groups excluding carboxylic acids is 1. The van der Waals surface area contributed by atoms with Crippen LogP contribution in [-0.4, -0.2) is 78.9 Å². The summed E-state index contributed by atoms with van der Waals surface area (Å²) in [5.74, 6) is -0.814. The molecule has 1 rings (SSSR count). The van der Waals surface area contributed by atoms with Crippen molar-refractivity contribution in [1.29, 1.82) is 0 Å². The Morgan fingerprint density at radius 2 is 2.14 bits per heavy atom. The average molecular weight is 313 g/mol. The first-order valence-electron chi connectivity index (χ1n) is 7.62. The number of rotatable bonds is 10. The maximum atomic E-state index is 12.2. The van der Waals surface area contributed by atoms with Crippen LogP contribution >= 0.6 is 0 Å². The molecular formula is C15H27N3O4. The molecule has 0 saturated heterocycles. The van der Waals surface area contributed by atoms with Gasteiger partial charge in [0.2, 0.25) is 0 Å². The van der Waals surface area contributed by atoms with Crippen molar-refractivity contribution in [3.8, 4) is 0 Å². The van der Waals surface area contributed by atoms with Crippen LogP contribution in [0.2, 0.25) is 0 Å². The van der Waals surface area contributed by atoms with E-state index in [2.05, 4.69) is 11.9 Å². The molecule has 0 unspecified atom stereocenters. The standard InChI is InChI=1S/C15H27N3O4/c1-4-6-18(7-8-22-3)15(21)16-12-9-13(10-12)17(5-2)11-14(19)20/h4,12-13H,1,5-11H2,2-3H3,(H,16,21)(H,19,20). The summed E-state index contributed by atoms with van der Waals surface area (Å²) in [5, 5.41) is 11.9. The topological polar surface area (TPSA) is 82.1 Å². The van der Waals surface area contributed by atoms with E-state index in [0.717, 1.165) is 12.8 Å². The van der Waals surface area contributed by atoms with Gasteiger partial charge in [0, 0.05) is 32.3 Å². The highest BCUT2D eigenvalue weighted by atomic mass is 16.5. The predicted octanol–water partition coefficient (Wildman–Crippen LogP) is 0.768. The number of carboxylic acid groups (broad SMARTS) is 1.